The predicted molar refractivity (Wildman–Crippen MR) is 72.5 cm³/mol. The maximum absolute atomic E-state index is 11.8. The summed E-state index contributed by atoms with van der Waals surface area (Å²) in [7, 11) is 0. The Bertz CT molecular complexity index is 493. The highest BCUT2D eigenvalue weighted by atomic mass is 16.4. The lowest BCUT2D eigenvalue weighted by atomic mass is 10.1. The van der Waals surface area contributed by atoms with Crippen LogP contribution < -0.4 is 10.6 Å². The fraction of sp³-hybridized carbons (Fsp3) is 0.429. The van der Waals surface area contributed by atoms with E-state index in [0.29, 0.717) is 11.3 Å². The van der Waals surface area contributed by atoms with Crippen LogP contribution in [0.4, 0.5) is 10.5 Å². The number of benzene rings is 1. The van der Waals surface area contributed by atoms with Gasteiger partial charge < -0.3 is 15.7 Å². The van der Waals surface area contributed by atoms with Crippen molar-refractivity contribution in [2.24, 2.45) is 0 Å². The number of carbonyl (C=O) groups excluding carboxylic acids is 1. The molecule has 2 rings (SSSR count). The number of carbonyl (C=O) groups is 2. The molecule has 0 atom stereocenters. The molecule has 3 N–H and O–H groups in total. The number of urea groups is 1. The van der Waals surface area contributed by atoms with Gasteiger partial charge >= 0.3 is 12.0 Å². The van der Waals surface area contributed by atoms with E-state index < -0.39 is 5.97 Å². The second-order valence-corrected chi connectivity index (χ2v) is 4.91. The standard InChI is InChI=1S/C14H18N2O3/c1-9-8-11(6-7-12(9)13(17)18)16-14(19)15-10-4-2-3-5-10/h6-8,10H,2-5H2,1H3,(H,17,18)(H2,15,16,19). The lowest BCUT2D eigenvalue weighted by Crippen LogP contribution is -2.36. The lowest BCUT2D eigenvalue weighted by molar-refractivity contribution is 0.0696. The topological polar surface area (TPSA) is 78.4 Å². The fourth-order valence-corrected chi connectivity index (χ4v) is 2.40. The molecule has 0 spiro atoms. The van der Waals surface area contributed by atoms with Crippen LogP contribution in [-0.4, -0.2) is 23.1 Å². The van der Waals surface area contributed by atoms with Crippen molar-refractivity contribution in [2.45, 2.75) is 38.6 Å². The van der Waals surface area contributed by atoms with E-state index >= 15 is 0 Å². The molecule has 19 heavy (non-hydrogen) atoms. The molecule has 0 aromatic heterocycles. The Hall–Kier alpha value is -2.04. The third-order valence-corrected chi connectivity index (χ3v) is 3.41. The molecule has 0 unspecified atom stereocenters. The van der Waals surface area contributed by atoms with Gasteiger partial charge in [-0.05, 0) is 43.5 Å². The molecule has 0 saturated heterocycles. The SMILES string of the molecule is Cc1cc(NC(=O)NC2CCCC2)ccc1C(=O)O. The molecule has 1 aromatic carbocycles. The van der Waals surface area contributed by atoms with Crippen LogP contribution in [-0.2, 0) is 0 Å². The average Bonchev–Trinajstić information content (AvgIpc) is 2.81. The number of anilines is 1. The van der Waals surface area contributed by atoms with Crippen molar-refractivity contribution in [2.75, 3.05) is 5.32 Å². The second-order valence-electron chi connectivity index (χ2n) is 4.91. The molecule has 0 bridgehead atoms. The molecule has 1 saturated carbocycles. The van der Waals surface area contributed by atoms with Crippen LogP contribution >= 0.6 is 0 Å². The van der Waals surface area contributed by atoms with E-state index in [4.69, 9.17) is 5.11 Å². The summed E-state index contributed by atoms with van der Waals surface area (Å²) in [6.07, 6.45) is 4.39. The van der Waals surface area contributed by atoms with Crippen molar-refractivity contribution in [3.05, 3.63) is 29.3 Å². The molecule has 102 valence electrons. The predicted octanol–water partition coefficient (Wildman–Crippen LogP) is 2.76. The Morgan fingerprint density at radius 3 is 2.53 bits per heavy atom. The van der Waals surface area contributed by atoms with E-state index in [1.807, 2.05) is 0 Å². The summed E-state index contributed by atoms with van der Waals surface area (Å²) in [6, 6.07) is 4.80. The fourth-order valence-electron chi connectivity index (χ4n) is 2.40. The van der Waals surface area contributed by atoms with Crippen LogP contribution in [0.5, 0.6) is 0 Å². The van der Waals surface area contributed by atoms with Gasteiger partial charge in [0.15, 0.2) is 0 Å². The number of rotatable bonds is 3. The van der Waals surface area contributed by atoms with Crippen LogP contribution in [0, 0.1) is 6.92 Å². The lowest BCUT2D eigenvalue weighted by Gasteiger charge is -2.13. The van der Waals surface area contributed by atoms with Crippen molar-refractivity contribution in [1.82, 2.24) is 5.32 Å². The molecular formula is C14H18N2O3. The third kappa shape index (κ3) is 3.47. The zero-order valence-corrected chi connectivity index (χ0v) is 10.9. The van der Waals surface area contributed by atoms with Crippen molar-refractivity contribution >= 4 is 17.7 Å². The van der Waals surface area contributed by atoms with Gasteiger partial charge in [0.25, 0.3) is 0 Å². The highest BCUT2D eigenvalue weighted by Crippen LogP contribution is 2.18. The van der Waals surface area contributed by atoms with Gasteiger partial charge in [-0.1, -0.05) is 12.8 Å². The first kappa shape index (κ1) is 13.4. The smallest absolute Gasteiger partial charge is 0.335 e. The maximum atomic E-state index is 11.8. The van der Waals surface area contributed by atoms with Gasteiger partial charge in [0, 0.05) is 11.7 Å². The normalized spacial score (nSPS) is 15.2. The minimum atomic E-state index is -0.959. The van der Waals surface area contributed by atoms with Crippen LogP contribution in [0.2, 0.25) is 0 Å². The van der Waals surface area contributed by atoms with Gasteiger partial charge in [0.2, 0.25) is 0 Å². The monoisotopic (exact) mass is 262 g/mol. The molecule has 1 aromatic rings. The Kier molecular flexibility index (Phi) is 4.04. The summed E-state index contributed by atoms with van der Waals surface area (Å²) in [4.78, 5) is 22.6. The molecule has 1 fully saturated rings. The zero-order chi connectivity index (χ0) is 13.8. The minimum Gasteiger partial charge on any atom is -0.478 e. The first-order chi connectivity index (χ1) is 9.06. The summed E-state index contributed by atoms with van der Waals surface area (Å²) >= 11 is 0. The third-order valence-electron chi connectivity index (χ3n) is 3.41. The maximum Gasteiger partial charge on any atom is 0.335 e. The largest absolute Gasteiger partial charge is 0.478 e. The van der Waals surface area contributed by atoms with E-state index in [1.165, 1.54) is 6.07 Å². The zero-order valence-electron chi connectivity index (χ0n) is 10.9. The molecule has 1 aliphatic carbocycles. The first-order valence-electron chi connectivity index (χ1n) is 6.48. The number of aromatic carboxylic acids is 1. The quantitative estimate of drug-likeness (QED) is 0.783. The molecule has 5 heteroatoms. The van der Waals surface area contributed by atoms with E-state index in [0.717, 1.165) is 25.7 Å². The van der Waals surface area contributed by atoms with Crippen LogP contribution in [0.15, 0.2) is 18.2 Å². The Balaban J connectivity index is 1.96. The van der Waals surface area contributed by atoms with E-state index in [9.17, 15) is 9.59 Å². The van der Waals surface area contributed by atoms with Gasteiger partial charge in [0.1, 0.15) is 0 Å². The van der Waals surface area contributed by atoms with Gasteiger partial charge in [-0.3, -0.25) is 0 Å². The van der Waals surface area contributed by atoms with Gasteiger partial charge in [-0.2, -0.15) is 0 Å². The Morgan fingerprint density at radius 2 is 1.95 bits per heavy atom. The highest BCUT2D eigenvalue weighted by molar-refractivity contribution is 5.92. The van der Waals surface area contributed by atoms with Crippen molar-refractivity contribution in [3.63, 3.8) is 0 Å². The molecular weight excluding hydrogens is 244 g/mol. The van der Waals surface area contributed by atoms with E-state index in [2.05, 4.69) is 10.6 Å². The van der Waals surface area contributed by atoms with Crippen LogP contribution in [0.1, 0.15) is 41.6 Å². The molecule has 5 nitrogen and oxygen atoms in total. The van der Waals surface area contributed by atoms with Crippen molar-refractivity contribution in [3.8, 4) is 0 Å². The summed E-state index contributed by atoms with van der Waals surface area (Å²) < 4.78 is 0. The molecule has 0 aliphatic heterocycles. The number of hydrogen-bond acceptors (Lipinski definition) is 2. The van der Waals surface area contributed by atoms with E-state index in [-0.39, 0.29) is 17.6 Å². The average molecular weight is 262 g/mol. The number of amides is 2. The summed E-state index contributed by atoms with van der Waals surface area (Å²) in [5, 5.41) is 14.6. The minimum absolute atomic E-state index is 0.227. The molecule has 2 amide bonds. The Morgan fingerprint density at radius 1 is 1.26 bits per heavy atom. The summed E-state index contributed by atoms with van der Waals surface area (Å²) in [5.41, 5.74) is 1.49. The highest BCUT2D eigenvalue weighted by Gasteiger charge is 2.17. The number of hydrogen-bond donors (Lipinski definition) is 3. The number of carboxylic acid groups (broad SMARTS) is 1. The van der Waals surface area contributed by atoms with E-state index in [1.54, 1.807) is 19.1 Å². The molecule has 0 heterocycles. The number of nitrogens with one attached hydrogen (secondary N) is 2. The number of aryl methyl sites for hydroxylation is 1. The Labute approximate surface area is 112 Å². The van der Waals surface area contributed by atoms with Gasteiger partial charge in [-0.25, -0.2) is 9.59 Å². The second kappa shape index (κ2) is 5.73. The number of carboxylic acids is 1. The van der Waals surface area contributed by atoms with Gasteiger partial charge in [0.05, 0.1) is 5.56 Å². The van der Waals surface area contributed by atoms with Crippen molar-refractivity contribution in [1.29, 1.82) is 0 Å². The van der Waals surface area contributed by atoms with Gasteiger partial charge in [-0.15, -0.1) is 0 Å². The molecule has 0 radical (unpaired) electrons. The van der Waals surface area contributed by atoms with Crippen LogP contribution in [0.3, 0.4) is 0 Å². The summed E-state index contributed by atoms with van der Waals surface area (Å²) in [6.45, 7) is 1.71. The summed E-state index contributed by atoms with van der Waals surface area (Å²) in [5.74, 6) is -0.959. The molecule has 1 aliphatic rings. The van der Waals surface area contributed by atoms with Crippen molar-refractivity contribution < 1.29 is 14.7 Å². The van der Waals surface area contributed by atoms with Crippen LogP contribution in [0.25, 0.3) is 0 Å². The first-order valence-corrected chi connectivity index (χ1v) is 6.48.